The maximum Gasteiger partial charge on any atom is 0.0600 e. The molecular weight excluding hydrogens is 148 g/mol. The number of hydrogen-bond donors (Lipinski definition) is 1. The summed E-state index contributed by atoms with van der Waals surface area (Å²) in [4.78, 5) is 0. The molecule has 0 amide bonds. The molecule has 0 fully saturated rings. The maximum absolute atomic E-state index is 9.60. The first kappa shape index (κ1) is 11.7. The van der Waals surface area contributed by atoms with Crippen LogP contribution >= 0.6 is 0 Å². The topological polar surface area (TPSA) is 20.2 Å². The number of aliphatic hydroxyl groups excluding tert-OH is 1. The average Bonchev–Trinajstić information content (AvgIpc) is 2.11. The van der Waals surface area contributed by atoms with E-state index in [4.69, 9.17) is 0 Å². The van der Waals surface area contributed by atoms with Gasteiger partial charge in [-0.1, -0.05) is 32.4 Å². The van der Waals surface area contributed by atoms with Crippen LogP contribution in [-0.2, 0) is 0 Å². The van der Waals surface area contributed by atoms with Crippen LogP contribution in [0.2, 0.25) is 0 Å². The van der Waals surface area contributed by atoms with E-state index in [0.29, 0.717) is 5.92 Å². The van der Waals surface area contributed by atoms with Gasteiger partial charge in [0, 0.05) is 5.92 Å². The van der Waals surface area contributed by atoms with E-state index in [1.165, 1.54) is 0 Å². The van der Waals surface area contributed by atoms with E-state index in [9.17, 15) is 5.11 Å². The molecule has 71 valence electrons. The van der Waals surface area contributed by atoms with Crippen molar-refractivity contribution >= 4 is 0 Å². The Morgan fingerprint density at radius 2 is 2.08 bits per heavy atom. The van der Waals surface area contributed by atoms with Crippen LogP contribution < -0.4 is 0 Å². The first-order chi connectivity index (χ1) is 5.76. The van der Waals surface area contributed by atoms with Gasteiger partial charge in [0.05, 0.1) is 6.10 Å². The van der Waals surface area contributed by atoms with E-state index in [0.717, 1.165) is 25.7 Å². The molecule has 1 nitrogen and oxygen atoms in total. The molecule has 1 heteroatoms. The zero-order valence-corrected chi connectivity index (χ0v) is 8.29. The fourth-order valence-corrected chi connectivity index (χ4v) is 1.32. The molecule has 0 bridgehead atoms. The van der Waals surface area contributed by atoms with Crippen LogP contribution in [0.1, 0.15) is 39.5 Å². The molecule has 0 aromatic rings. The van der Waals surface area contributed by atoms with Gasteiger partial charge in [-0.2, -0.15) is 0 Å². The number of rotatable bonds is 6. The summed E-state index contributed by atoms with van der Waals surface area (Å²) < 4.78 is 0. The third-order valence-corrected chi connectivity index (χ3v) is 2.08. The normalized spacial score (nSPS) is 16.7. The van der Waals surface area contributed by atoms with E-state index < -0.39 is 0 Å². The Bertz CT molecular complexity index is 118. The minimum Gasteiger partial charge on any atom is -0.393 e. The van der Waals surface area contributed by atoms with Gasteiger partial charge in [0.2, 0.25) is 0 Å². The highest BCUT2D eigenvalue weighted by molar-refractivity contribution is 4.91. The molecule has 12 heavy (non-hydrogen) atoms. The fraction of sp³-hybridized carbons (Fsp3) is 0.727. The Labute approximate surface area is 76.5 Å². The maximum atomic E-state index is 9.60. The van der Waals surface area contributed by atoms with Crippen LogP contribution in [0.15, 0.2) is 12.2 Å². The first-order valence-electron chi connectivity index (χ1n) is 4.90. The van der Waals surface area contributed by atoms with E-state index in [-0.39, 0.29) is 6.10 Å². The zero-order chi connectivity index (χ0) is 9.40. The summed E-state index contributed by atoms with van der Waals surface area (Å²) in [5.41, 5.74) is 0. The number of allylic oxidation sites excluding steroid dienone is 1. The first-order valence-corrected chi connectivity index (χ1v) is 4.90. The summed E-state index contributed by atoms with van der Waals surface area (Å²) in [5, 5.41) is 9.60. The third-order valence-electron chi connectivity index (χ3n) is 2.08. The van der Waals surface area contributed by atoms with Gasteiger partial charge in [-0.15, -0.1) is 0 Å². The van der Waals surface area contributed by atoms with Gasteiger partial charge in [-0.3, -0.25) is 0 Å². The molecule has 0 heterocycles. The Balaban J connectivity index is 3.93. The summed E-state index contributed by atoms with van der Waals surface area (Å²) in [6.45, 7) is 7.90. The van der Waals surface area contributed by atoms with Gasteiger partial charge < -0.3 is 5.11 Å². The molecule has 2 atom stereocenters. The minimum atomic E-state index is -0.173. The molecule has 0 saturated carbocycles. The number of hydrogen-bond acceptors (Lipinski definition) is 1. The van der Waals surface area contributed by atoms with Gasteiger partial charge in [0.15, 0.2) is 0 Å². The Hall–Kier alpha value is -0.300. The van der Waals surface area contributed by atoms with E-state index in [1.807, 2.05) is 13.0 Å². The predicted molar refractivity (Wildman–Crippen MR) is 53.8 cm³/mol. The molecule has 0 spiro atoms. The van der Waals surface area contributed by atoms with Crippen LogP contribution in [0.4, 0.5) is 0 Å². The Morgan fingerprint density at radius 3 is 2.50 bits per heavy atom. The second kappa shape index (κ2) is 7.35. The van der Waals surface area contributed by atoms with Crippen molar-refractivity contribution in [3.8, 4) is 0 Å². The highest BCUT2D eigenvalue weighted by Gasteiger charge is 2.12. The molecule has 0 aliphatic heterocycles. The van der Waals surface area contributed by atoms with E-state index >= 15 is 0 Å². The SMILES string of the molecule is [CH2]C/C=C/C(CCC)C(O)CC. The molecule has 0 aliphatic rings. The monoisotopic (exact) mass is 169 g/mol. The van der Waals surface area contributed by atoms with E-state index in [1.54, 1.807) is 0 Å². The molecule has 0 rings (SSSR count). The van der Waals surface area contributed by atoms with E-state index in [2.05, 4.69) is 19.9 Å². The van der Waals surface area contributed by atoms with Crippen LogP contribution in [-0.4, -0.2) is 11.2 Å². The largest absolute Gasteiger partial charge is 0.393 e. The fourth-order valence-electron chi connectivity index (χ4n) is 1.32. The molecule has 0 aromatic carbocycles. The molecule has 0 saturated heterocycles. The highest BCUT2D eigenvalue weighted by atomic mass is 16.3. The minimum absolute atomic E-state index is 0.173. The van der Waals surface area contributed by atoms with Crippen LogP contribution in [0.5, 0.6) is 0 Å². The molecule has 1 radical (unpaired) electrons. The molecule has 1 N–H and O–H groups in total. The predicted octanol–water partition coefficient (Wildman–Crippen LogP) is 2.95. The third kappa shape index (κ3) is 4.55. The second-order valence-electron chi connectivity index (χ2n) is 3.14. The van der Waals surface area contributed by atoms with Crippen molar-refractivity contribution in [1.29, 1.82) is 0 Å². The van der Waals surface area contributed by atoms with Crippen molar-refractivity contribution in [3.05, 3.63) is 19.1 Å². The van der Waals surface area contributed by atoms with Crippen LogP contribution in [0, 0.1) is 12.8 Å². The lowest BCUT2D eigenvalue weighted by molar-refractivity contribution is 0.121. The van der Waals surface area contributed by atoms with Crippen molar-refractivity contribution in [2.24, 2.45) is 5.92 Å². The number of aliphatic hydroxyl groups is 1. The Morgan fingerprint density at radius 1 is 1.42 bits per heavy atom. The summed E-state index contributed by atoms with van der Waals surface area (Å²) in [5.74, 6) is 0.335. The van der Waals surface area contributed by atoms with Crippen LogP contribution in [0.25, 0.3) is 0 Å². The van der Waals surface area contributed by atoms with Crippen molar-refractivity contribution in [2.45, 2.75) is 45.6 Å². The summed E-state index contributed by atoms with van der Waals surface area (Å²) in [7, 11) is 0. The summed E-state index contributed by atoms with van der Waals surface area (Å²) in [6.07, 6.45) is 7.83. The van der Waals surface area contributed by atoms with Gasteiger partial charge >= 0.3 is 0 Å². The van der Waals surface area contributed by atoms with Crippen molar-refractivity contribution in [2.75, 3.05) is 0 Å². The lowest BCUT2D eigenvalue weighted by Gasteiger charge is -2.17. The quantitative estimate of drug-likeness (QED) is 0.606. The standard InChI is InChI=1S/C11H21O/c1-4-7-9-10(8-5-2)11(12)6-3/h7,9-12H,1,4-6,8H2,2-3H3/b9-7+. The lowest BCUT2D eigenvalue weighted by atomic mass is 9.95. The van der Waals surface area contributed by atoms with Gasteiger partial charge in [0.25, 0.3) is 0 Å². The molecular formula is C11H21O. The van der Waals surface area contributed by atoms with Crippen molar-refractivity contribution < 1.29 is 5.11 Å². The lowest BCUT2D eigenvalue weighted by Crippen LogP contribution is -2.17. The van der Waals surface area contributed by atoms with Crippen molar-refractivity contribution in [1.82, 2.24) is 0 Å². The van der Waals surface area contributed by atoms with Gasteiger partial charge in [0.1, 0.15) is 0 Å². The smallest absolute Gasteiger partial charge is 0.0600 e. The molecule has 0 aliphatic carbocycles. The molecule has 0 aromatic heterocycles. The average molecular weight is 169 g/mol. The second-order valence-corrected chi connectivity index (χ2v) is 3.14. The van der Waals surface area contributed by atoms with Gasteiger partial charge in [-0.05, 0) is 26.2 Å². The highest BCUT2D eigenvalue weighted by Crippen LogP contribution is 2.15. The summed E-state index contributed by atoms with van der Waals surface area (Å²) >= 11 is 0. The van der Waals surface area contributed by atoms with Crippen LogP contribution in [0.3, 0.4) is 0 Å². The summed E-state index contributed by atoms with van der Waals surface area (Å²) in [6, 6.07) is 0. The molecule has 2 unspecified atom stereocenters. The zero-order valence-electron chi connectivity index (χ0n) is 8.29. The Kier molecular flexibility index (Phi) is 7.17. The van der Waals surface area contributed by atoms with Gasteiger partial charge in [-0.25, -0.2) is 0 Å². The van der Waals surface area contributed by atoms with Crippen molar-refractivity contribution in [3.63, 3.8) is 0 Å².